The van der Waals surface area contributed by atoms with Crippen LogP contribution in [0.5, 0.6) is 5.75 Å². The van der Waals surface area contributed by atoms with Gasteiger partial charge in [-0.25, -0.2) is 9.31 Å². The number of carboxylic acids is 1. The van der Waals surface area contributed by atoms with E-state index in [4.69, 9.17) is 16.3 Å². The number of aromatic nitrogens is 4. The lowest BCUT2D eigenvalue weighted by Gasteiger charge is -2.41. The van der Waals surface area contributed by atoms with Crippen LogP contribution < -0.4 is 10.1 Å². The van der Waals surface area contributed by atoms with Gasteiger partial charge >= 0.3 is 5.97 Å². The molecule has 1 unspecified atom stereocenters. The Labute approximate surface area is 254 Å². The van der Waals surface area contributed by atoms with Crippen molar-refractivity contribution in [2.24, 2.45) is 0 Å². The second kappa shape index (κ2) is 14.9. The number of carboxylic acid groups (broad SMARTS) is 1. The number of benzene rings is 1. The average Bonchev–Trinajstić information content (AvgIpc) is 3.48. The first kappa shape index (κ1) is 33.4. The lowest BCUT2D eigenvalue weighted by molar-refractivity contribution is -0.130. The largest absolute Gasteiger partial charge is 0.480 e. The summed E-state index contributed by atoms with van der Waals surface area (Å²) >= 11 is 6.39. The average molecular weight is 602 g/mol. The molecule has 0 saturated carbocycles. The number of aromatic carboxylic acids is 1. The van der Waals surface area contributed by atoms with E-state index in [9.17, 15) is 14.7 Å². The number of carbonyl (C=O) groups is 2. The van der Waals surface area contributed by atoms with Crippen LogP contribution in [0.1, 0.15) is 127 Å². The zero-order chi connectivity index (χ0) is 30.9. The molecule has 0 aliphatic heterocycles. The van der Waals surface area contributed by atoms with E-state index in [0.717, 1.165) is 25.0 Å². The van der Waals surface area contributed by atoms with Crippen LogP contribution in [0.15, 0.2) is 24.3 Å². The third kappa shape index (κ3) is 8.06. The molecule has 0 bridgehead atoms. The Kier molecular flexibility index (Phi) is 11.9. The summed E-state index contributed by atoms with van der Waals surface area (Å²) in [5.41, 5.74) is -0.120. The number of aromatic amines is 1. The number of halogens is 1. The van der Waals surface area contributed by atoms with Gasteiger partial charge in [-0.05, 0) is 45.7 Å². The molecule has 0 aliphatic carbocycles. The number of aryl methyl sites for hydroxylation is 1. The van der Waals surface area contributed by atoms with Crippen molar-refractivity contribution in [2.75, 3.05) is 0 Å². The molecular formula is C32H48ClN5O4. The van der Waals surface area contributed by atoms with Crippen LogP contribution in [-0.4, -0.2) is 48.4 Å². The van der Waals surface area contributed by atoms with Crippen molar-refractivity contribution in [3.8, 4) is 5.75 Å². The highest BCUT2D eigenvalue weighted by molar-refractivity contribution is 6.34. The molecule has 42 heavy (non-hydrogen) atoms. The van der Waals surface area contributed by atoms with Crippen LogP contribution >= 0.6 is 11.6 Å². The maximum Gasteiger partial charge on any atom is 0.339 e. The van der Waals surface area contributed by atoms with Crippen molar-refractivity contribution in [3.63, 3.8) is 0 Å². The van der Waals surface area contributed by atoms with E-state index >= 15 is 0 Å². The van der Waals surface area contributed by atoms with Crippen LogP contribution in [-0.2, 0) is 10.2 Å². The molecule has 0 radical (unpaired) electrons. The van der Waals surface area contributed by atoms with E-state index in [1.54, 1.807) is 22.7 Å². The standard InChI is InChI=1S/C32H48ClN5O4/c1-7-8-9-10-11-12-13-14-15-16-21-25(42-24-20-18-17-19-23(24)29(40)41)28(39)34-32(5,6)31(3,4)30-36-35-27-26(33)22(2)37-38(27)30/h17-20,25,37H,7-16,21H2,1-6H3,(H,34,39)(H,40,41). The number of ether oxygens (including phenoxy) is 1. The fourth-order valence-corrected chi connectivity index (χ4v) is 5.27. The zero-order valence-electron chi connectivity index (χ0n) is 26.1. The summed E-state index contributed by atoms with van der Waals surface area (Å²) in [5, 5.41) is 25.2. The molecule has 3 aromatic rings. The van der Waals surface area contributed by atoms with Crippen molar-refractivity contribution in [3.05, 3.63) is 46.4 Å². The van der Waals surface area contributed by atoms with Crippen molar-refractivity contribution in [1.29, 1.82) is 0 Å². The van der Waals surface area contributed by atoms with Gasteiger partial charge in [0.25, 0.3) is 5.91 Å². The van der Waals surface area contributed by atoms with Gasteiger partial charge < -0.3 is 15.2 Å². The summed E-state index contributed by atoms with van der Waals surface area (Å²) in [6.07, 6.45) is 11.4. The lowest BCUT2D eigenvalue weighted by atomic mass is 9.73. The molecule has 1 atom stereocenters. The van der Waals surface area contributed by atoms with Gasteiger partial charge in [-0.1, -0.05) is 102 Å². The van der Waals surface area contributed by atoms with E-state index in [0.29, 0.717) is 22.9 Å². The number of nitrogens with zero attached hydrogens (tertiary/aromatic N) is 3. The Morgan fingerprint density at radius 1 is 1.00 bits per heavy atom. The van der Waals surface area contributed by atoms with Gasteiger partial charge in [-0.2, -0.15) is 0 Å². The van der Waals surface area contributed by atoms with E-state index < -0.39 is 23.0 Å². The van der Waals surface area contributed by atoms with Gasteiger partial charge in [0.1, 0.15) is 16.3 Å². The molecule has 0 spiro atoms. The summed E-state index contributed by atoms with van der Waals surface area (Å²) in [6.45, 7) is 12.0. The molecule has 9 nitrogen and oxygen atoms in total. The number of hydrogen-bond acceptors (Lipinski definition) is 5. The minimum atomic E-state index is -1.10. The fraction of sp³-hybridized carbons (Fsp3) is 0.625. The van der Waals surface area contributed by atoms with E-state index in [2.05, 4.69) is 27.5 Å². The first-order valence-electron chi connectivity index (χ1n) is 15.3. The van der Waals surface area contributed by atoms with Gasteiger partial charge in [-0.3, -0.25) is 9.89 Å². The fourth-order valence-electron chi connectivity index (χ4n) is 5.11. The first-order valence-corrected chi connectivity index (χ1v) is 15.7. The van der Waals surface area contributed by atoms with Gasteiger partial charge in [0.15, 0.2) is 17.6 Å². The van der Waals surface area contributed by atoms with Crippen molar-refractivity contribution in [1.82, 2.24) is 25.1 Å². The maximum absolute atomic E-state index is 13.8. The molecule has 3 N–H and O–H groups in total. The summed E-state index contributed by atoms with van der Waals surface area (Å²) in [5.74, 6) is -0.585. The Morgan fingerprint density at radius 3 is 2.21 bits per heavy atom. The van der Waals surface area contributed by atoms with Gasteiger partial charge in [0.2, 0.25) is 0 Å². The number of H-pyrrole nitrogens is 1. The second-order valence-electron chi connectivity index (χ2n) is 12.4. The Morgan fingerprint density at radius 2 is 1.60 bits per heavy atom. The third-order valence-electron chi connectivity index (χ3n) is 8.52. The monoisotopic (exact) mass is 601 g/mol. The molecule has 232 valence electrons. The summed E-state index contributed by atoms with van der Waals surface area (Å²) in [7, 11) is 0. The lowest BCUT2D eigenvalue weighted by Crippen LogP contribution is -2.59. The predicted octanol–water partition coefficient (Wildman–Crippen LogP) is 7.65. The van der Waals surface area contributed by atoms with Gasteiger partial charge in [-0.15, -0.1) is 10.2 Å². The molecule has 1 aromatic carbocycles. The number of para-hydroxylation sites is 1. The van der Waals surface area contributed by atoms with E-state index in [1.807, 2.05) is 34.6 Å². The number of unbranched alkanes of at least 4 members (excludes halogenated alkanes) is 9. The maximum atomic E-state index is 13.8. The molecule has 0 fully saturated rings. The molecule has 3 rings (SSSR count). The molecule has 10 heteroatoms. The minimum Gasteiger partial charge on any atom is -0.480 e. The van der Waals surface area contributed by atoms with Crippen molar-refractivity contribution < 1.29 is 19.4 Å². The topological polar surface area (TPSA) is 122 Å². The van der Waals surface area contributed by atoms with Crippen LogP contribution in [0.2, 0.25) is 5.02 Å². The normalized spacial score (nSPS) is 12.9. The number of rotatable bonds is 18. The highest BCUT2D eigenvalue weighted by Gasteiger charge is 2.44. The zero-order valence-corrected chi connectivity index (χ0v) is 26.8. The number of fused-ring (bicyclic) bond motifs is 1. The molecule has 2 heterocycles. The van der Waals surface area contributed by atoms with E-state index in [-0.39, 0.29) is 17.2 Å². The van der Waals surface area contributed by atoms with Crippen LogP contribution in [0.4, 0.5) is 0 Å². The summed E-state index contributed by atoms with van der Waals surface area (Å²) < 4.78 is 7.90. The number of nitrogens with one attached hydrogen (secondary N) is 2. The predicted molar refractivity (Wildman–Crippen MR) is 167 cm³/mol. The summed E-state index contributed by atoms with van der Waals surface area (Å²) in [6, 6.07) is 6.44. The van der Waals surface area contributed by atoms with Crippen LogP contribution in [0.25, 0.3) is 5.65 Å². The molecule has 0 saturated heterocycles. The van der Waals surface area contributed by atoms with Crippen LogP contribution in [0.3, 0.4) is 0 Å². The molecule has 2 aromatic heterocycles. The first-order chi connectivity index (χ1) is 19.9. The highest BCUT2D eigenvalue weighted by atomic mass is 35.5. The number of amides is 1. The Bertz CT molecular complexity index is 1330. The number of hydrogen-bond donors (Lipinski definition) is 3. The second-order valence-corrected chi connectivity index (χ2v) is 12.7. The molecule has 0 aliphatic rings. The SMILES string of the molecule is CCCCCCCCCCCCC(Oc1ccccc1C(=O)O)C(=O)NC(C)(C)C(C)(C)c1nnc2c(Cl)c(C)[nH]n12. The molecule has 1 amide bonds. The summed E-state index contributed by atoms with van der Waals surface area (Å²) in [4.78, 5) is 25.7. The number of carbonyl (C=O) groups excluding carboxylic acids is 1. The Hall–Kier alpha value is -3.07. The van der Waals surface area contributed by atoms with Crippen molar-refractivity contribution >= 4 is 29.1 Å². The van der Waals surface area contributed by atoms with Gasteiger partial charge in [0.05, 0.1) is 5.69 Å². The Balaban J connectivity index is 1.71. The highest BCUT2D eigenvalue weighted by Crippen LogP contribution is 2.35. The smallest absolute Gasteiger partial charge is 0.339 e. The van der Waals surface area contributed by atoms with Crippen LogP contribution in [0, 0.1) is 6.92 Å². The van der Waals surface area contributed by atoms with E-state index in [1.165, 1.54) is 51.0 Å². The van der Waals surface area contributed by atoms with Gasteiger partial charge in [0, 0.05) is 11.0 Å². The molecular weight excluding hydrogens is 554 g/mol. The quantitative estimate of drug-likeness (QED) is 0.129. The third-order valence-corrected chi connectivity index (χ3v) is 8.98. The minimum absolute atomic E-state index is 0.0304. The van der Waals surface area contributed by atoms with Crippen molar-refractivity contribution in [2.45, 2.75) is 129 Å².